The van der Waals surface area contributed by atoms with Gasteiger partial charge >= 0.3 is 6.36 Å². The van der Waals surface area contributed by atoms with Crippen LogP contribution in [0.15, 0.2) is 48.5 Å². The van der Waals surface area contributed by atoms with Crippen LogP contribution in [0.5, 0.6) is 11.5 Å². The van der Waals surface area contributed by atoms with Crippen LogP contribution in [-0.2, 0) is 4.79 Å². The number of carbonyl (C=O) groups is 2. The van der Waals surface area contributed by atoms with E-state index in [1.165, 1.54) is 18.6 Å². The Morgan fingerprint density at radius 3 is 2.41 bits per heavy atom. The molecule has 2 aromatic carbocycles. The smallest absolute Gasteiger partial charge is 0.497 e. The zero-order valence-electron chi connectivity index (χ0n) is 20.9. The molecule has 2 aromatic rings. The van der Waals surface area contributed by atoms with Gasteiger partial charge in [-0.05, 0) is 61.2 Å². The molecule has 37 heavy (non-hydrogen) atoms. The van der Waals surface area contributed by atoms with Gasteiger partial charge in [-0.1, -0.05) is 38.2 Å². The first-order valence-corrected chi connectivity index (χ1v) is 12.6. The molecule has 1 unspecified atom stereocenters. The number of alkyl halides is 3. The van der Waals surface area contributed by atoms with Crippen molar-refractivity contribution in [3.63, 3.8) is 0 Å². The first-order chi connectivity index (χ1) is 17.7. The first-order valence-electron chi connectivity index (χ1n) is 12.6. The number of nitrogens with one attached hydrogen (secondary N) is 3. The Balaban J connectivity index is 1.57. The number of benzene rings is 2. The van der Waals surface area contributed by atoms with Crippen molar-refractivity contribution in [2.75, 3.05) is 25.5 Å². The molecule has 0 saturated heterocycles. The van der Waals surface area contributed by atoms with Crippen molar-refractivity contribution in [1.82, 2.24) is 10.6 Å². The predicted octanol–water partition coefficient (Wildman–Crippen LogP) is 5.28. The fraction of sp³-hybridized carbons (Fsp3) is 0.481. The van der Waals surface area contributed by atoms with Gasteiger partial charge in [0.1, 0.15) is 17.5 Å². The Hall–Kier alpha value is -3.43. The van der Waals surface area contributed by atoms with Crippen molar-refractivity contribution >= 4 is 17.5 Å². The molecule has 1 aliphatic carbocycles. The Morgan fingerprint density at radius 2 is 1.73 bits per heavy atom. The second-order valence-corrected chi connectivity index (χ2v) is 9.13. The minimum Gasteiger partial charge on any atom is -0.497 e. The number of halogens is 3. The molecule has 7 nitrogen and oxygen atoms in total. The molecule has 0 aromatic heterocycles. The highest BCUT2D eigenvalue weighted by Crippen LogP contribution is 2.28. The van der Waals surface area contributed by atoms with Crippen LogP contribution in [0, 0.1) is 5.92 Å². The summed E-state index contributed by atoms with van der Waals surface area (Å²) < 4.78 is 46.8. The minimum absolute atomic E-state index is 0.0154. The fourth-order valence-electron chi connectivity index (χ4n) is 4.45. The van der Waals surface area contributed by atoms with Crippen molar-refractivity contribution in [3.05, 3.63) is 54.1 Å². The van der Waals surface area contributed by atoms with E-state index in [1.807, 2.05) is 24.3 Å². The van der Waals surface area contributed by atoms with Crippen LogP contribution in [0.1, 0.15) is 55.3 Å². The molecule has 1 saturated carbocycles. The molecule has 2 amide bonds. The van der Waals surface area contributed by atoms with Gasteiger partial charge in [0.05, 0.1) is 7.11 Å². The lowest BCUT2D eigenvalue weighted by atomic mass is 9.85. The monoisotopic (exact) mass is 521 g/mol. The van der Waals surface area contributed by atoms with Crippen molar-refractivity contribution in [2.24, 2.45) is 5.92 Å². The Labute approximate surface area is 215 Å². The molecule has 1 aliphatic rings. The number of hydrogen-bond acceptors (Lipinski definition) is 5. The van der Waals surface area contributed by atoms with Gasteiger partial charge in [-0.2, -0.15) is 0 Å². The van der Waals surface area contributed by atoms with E-state index in [0.29, 0.717) is 25.4 Å². The highest BCUT2D eigenvalue weighted by molar-refractivity contribution is 5.97. The van der Waals surface area contributed by atoms with E-state index in [9.17, 15) is 22.8 Å². The molecule has 202 valence electrons. The van der Waals surface area contributed by atoms with E-state index in [1.54, 1.807) is 7.11 Å². The van der Waals surface area contributed by atoms with Crippen LogP contribution < -0.4 is 25.4 Å². The van der Waals surface area contributed by atoms with E-state index < -0.39 is 24.1 Å². The van der Waals surface area contributed by atoms with E-state index in [2.05, 4.69) is 20.7 Å². The highest BCUT2D eigenvalue weighted by Gasteiger charge is 2.31. The first kappa shape index (κ1) is 28.1. The molecule has 0 aliphatic heterocycles. The molecule has 3 rings (SSSR count). The van der Waals surface area contributed by atoms with E-state index in [0.717, 1.165) is 55.7 Å². The van der Waals surface area contributed by atoms with Gasteiger partial charge in [-0.3, -0.25) is 9.59 Å². The van der Waals surface area contributed by atoms with Crippen LogP contribution >= 0.6 is 0 Å². The molecule has 1 fully saturated rings. The molecule has 1 atom stereocenters. The third kappa shape index (κ3) is 9.86. The van der Waals surface area contributed by atoms with Crippen molar-refractivity contribution in [1.29, 1.82) is 0 Å². The quantitative estimate of drug-likeness (QED) is 0.331. The average molecular weight is 522 g/mol. The lowest BCUT2D eigenvalue weighted by Crippen LogP contribution is -2.47. The summed E-state index contributed by atoms with van der Waals surface area (Å²) in [5.74, 6) is -0.212. The summed E-state index contributed by atoms with van der Waals surface area (Å²) in [6.07, 6.45) is 2.13. The van der Waals surface area contributed by atoms with Crippen LogP contribution in [0.25, 0.3) is 0 Å². The minimum atomic E-state index is -4.86. The summed E-state index contributed by atoms with van der Waals surface area (Å²) >= 11 is 0. The molecular formula is C27H34F3N3O4. The topological polar surface area (TPSA) is 88.7 Å². The third-order valence-corrected chi connectivity index (χ3v) is 6.38. The summed E-state index contributed by atoms with van der Waals surface area (Å²) in [6.45, 7) is 0.799. The van der Waals surface area contributed by atoms with Crippen LogP contribution in [0.3, 0.4) is 0 Å². The van der Waals surface area contributed by atoms with Crippen molar-refractivity contribution in [2.45, 2.75) is 57.3 Å². The maximum absolute atomic E-state index is 13.0. The normalized spacial score (nSPS) is 14.9. The summed E-state index contributed by atoms with van der Waals surface area (Å²) in [6, 6.07) is 11.4. The van der Waals surface area contributed by atoms with E-state index >= 15 is 0 Å². The largest absolute Gasteiger partial charge is 0.573 e. The standard InChI is InChI=1S/C27H34F3N3O4/c1-36-22-13-11-21(12-14-22)31-16-17-32-26(35)24(15-10-19-6-3-2-4-7-19)33-25(34)20-8-5-9-23(18-20)37-27(28,29)30/h5,8-9,11-14,18-19,24,31H,2-4,6-7,10,15-17H2,1H3,(H,32,35)(H,33,34). The zero-order valence-corrected chi connectivity index (χ0v) is 20.9. The molecular weight excluding hydrogens is 487 g/mol. The number of carbonyl (C=O) groups excluding carboxylic acids is 2. The summed E-state index contributed by atoms with van der Waals surface area (Å²) in [7, 11) is 1.59. The number of ether oxygens (including phenoxy) is 2. The van der Waals surface area contributed by atoms with Crippen molar-refractivity contribution < 1.29 is 32.2 Å². The maximum Gasteiger partial charge on any atom is 0.573 e. The molecule has 3 N–H and O–H groups in total. The SMILES string of the molecule is COc1ccc(NCCNC(=O)C(CCC2CCCCC2)NC(=O)c2cccc(OC(F)(F)F)c2)cc1. The van der Waals surface area contributed by atoms with Gasteiger partial charge < -0.3 is 25.4 Å². The van der Waals surface area contributed by atoms with Crippen LogP contribution in [0.2, 0.25) is 0 Å². The Kier molecular flexibility index (Phi) is 10.5. The van der Waals surface area contributed by atoms with E-state index in [4.69, 9.17) is 4.74 Å². The van der Waals surface area contributed by atoms with Gasteiger partial charge in [0, 0.05) is 24.3 Å². The molecule has 0 heterocycles. The summed E-state index contributed by atoms with van der Waals surface area (Å²) in [5, 5.41) is 8.76. The van der Waals surface area contributed by atoms with Gasteiger partial charge in [-0.15, -0.1) is 13.2 Å². The number of methoxy groups -OCH3 is 1. The van der Waals surface area contributed by atoms with Gasteiger partial charge in [-0.25, -0.2) is 0 Å². The number of amides is 2. The number of anilines is 1. The number of rotatable bonds is 12. The van der Waals surface area contributed by atoms with E-state index in [-0.39, 0.29) is 11.5 Å². The molecule has 0 radical (unpaired) electrons. The van der Waals surface area contributed by atoms with Crippen LogP contribution in [0.4, 0.5) is 18.9 Å². The third-order valence-electron chi connectivity index (χ3n) is 6.38. The number of hydrogen-bond donors (Lipinski definition) is 3. The Morgan fingerprint density at radius 1 is 1.00 bits per heavy atom. The van der Waals surface area contributed by atoms with Crippen molar-refractivity contribution in [3.8, 4) is 11.5 Å². The second kappa shape index (κ2) is 13.8. The molecule has 10 heteroatoms. The summed E-state index contributed by atoms with van der Waals surface area (Å²) in [5.41, 5.74) is 0.858. The lowest BCUT2D eigenvalue weighted by Gasteiger charge is -2.24. The second-order valence-electron chi connectivity index (χ2n) is 9.13. The summed E-state index contributed by atoms with van der Waals surface area (Å²) in [4.78, 5) is 25.8. The highest BCUT2D eigenvalue weighted by atomic mass is 19.4. The maximum atomic E-state index is 13.0. The fourth-order valence-corrected chi connectivity index (χ4v) is 4.45. The lowest BCUT2D eigenvalue weighted by molar-refractivity contribution is -0.274. The predicted molar refractivity (Wildman–Crippen MR) is 135 cm³/mol. The van der Waals surface area contributed by atoms with Gasteiger partial charge in [0.15, 0.2) is 0 Å². The average Bonchev–Trinajstić information content (AvgIpc) is 2.89. The van der Waals surface area contributed by atoms with Gasteiger partial charge in [0.2, 0.25) is 5.91 Å². The molecule has 0 spiro atoms. The van der Waals surface area contributed by atoms with Crippen LogP contribution in [-0.4, -0.2) is 44.4 Å². The zero-order chi connectivity index (χ0) is 26.7. The van der Waals surface area contributed by atoms with Gasteiger partial charge in [0.25, 0.3) is 5.91 Å². The Bertz CT molecular complexity index is 1010. The molecule has 0 bridgehead atoms.